The van der Waals surface area contributed by atoms with Gasteiger partial charge in [0.05, 0.1) is 10.9 Å². The Kier molecular flexibility index (Phi) is 4.75. The van der Waals surface area contributed by atoms with Crippen LogP contribution in [0.5, 0.6) is 0 Å². The van der Waals surface area contributed by atoms with Gasteiger partial charge in [-0.05, 0) is 53.4 Å². The highest BCUT2D eigenvalue weighted by molar-refractivity contribution is 7.89. The molecule has 0 amide bonds. The molecule has 7 heteroatoms. The van der Waals surface area contributed by atoms with Crippen molar-refractivity contribution in [2.24, 2.45) is 0 Å². The Morgan fingerprint density at radius 3 is 2.00 bits per heavy atom. The maximum atomic E-state index is 13.2. The lowest BCUT2D eigenvalue weighted by Gasteiger charge is -2.18. The zero-order valence-electron chi connectivity index (χ0n) is 12.3. The highest BCUT2D eigenvalue weighted by atomic mass is 32.2. The third-order valence-corrected chi connectivity index (χ3v) is 5.80. The third-order valence-electron chi connectivity index (χ3n) is 3.43. The van der Waals surface area contributed by atoms with Gasteiger partial charge in [0.2, 0.25) is 10.0 Å². The summed E-state index contributed by atoms with van der Waals surface area (Å²) in [6, 6.07) is 13.2. The van der Waals surface area contributed by atoms with Crippen LogP contribution in [0.15, 0.2) is 70.9 Å². The van der Waals surface area contributed by atoms with Crippen LogP contribution in [0.3, 0.4) is 0 Å². The Morgan fingerprint density at radius 1 is 0.875 bits per heavy atom. The minimum absolute atomic E-state index is 0.0347. The van der Waals surface area contributed by atoms with E-state index in [0.29, 0.717) is 5.56 Å². The molecule has 1 atom stereocenters. The van der Waals surface area contributed by atoms with Crippen molar-refractivity contribution in [1.82, 2.24) is 4.72 Å². The number of thiophene rings is 1. The second kappa shape index (κ2) is 6.80. The van der Waals surface area contributed by atoms with Crippen molar-refractivity contribution in [3.8, 4) is 0 Å². The first-order valence-electron chi connectivity index (χ1n) is 7.02. The fourth-order valence-electron chi connectivity index (χ4n) is 2.24. The molecule has 0 fully saturated rings. The van der Waals surface area contributed by atoms with Gasteiger partial charge in [-0.3, -0.25) is 0 Å². The van der Waals surface area contributed by atoms with Crippen molar-refractivity contribution >= 4 is 21.4 Å². The zero-order valence-corrected chi connectivity index (χ0v) is 14.0. The standard InChI is InChI=1S/C17H13F2NO2S2/c18-13-5-3-12(4-6-13)17(16-2-1-11-23-16)20-24(21,22)15-9-7-14(19)8-10-15/h1-11,17,20H/t17-/m0/s1. The Labute approximate surface area is 142 Å². The Hall–Kier alpha value is -2.09. The van der Waals surface area contributed by atoms with E-state index in [1.165, 1.54) is 47.7 Å². The van der Waals surface area contributed by atoms with Gasteiger partial charge in [-0.15, -0.1) is 11.3 Å². The van der Waals surface area contributed by atoms with Crippen molar-refractivity contribution in [2.45, 2.75) is 10.9 Å². The predicted molar refractivity (Wildman–Crippen MR) is 89.3 cm³/mol. The number of nitrogens with one attached hydrogen (secondary N) is 1. The molecule has 1 heterocycles. The average Bonchev–Trinajstić information content (AvgIpc) is 3.08. The maximum Gasteiger partial charge on any atom is 0.241 e. The highest BCUT2D eigenvalue weighted by Crippen LogP contribution is 2.28. The lowest BCUT2D eigenvalue weighted by Crippen LogP contribution is -2.29. The third kappa shape index (κ3) is 3.69. The van der Waals surface area contributed by atoms with Crippen LogP contribution in [-0.2, 0) is 10.0 Å². The van der Waals surface area contributed by atoms with Crippen molar-refractivity contribution in [3.63, 3.8) is 0 Å². The normalized spacial score (nSPS) is 12.9. The molecule has 0 aliphatic rings. The molecule has 0 saturated carbocycles. The van der Waals surface area contributed by atoms with Crippen LogP contribution in [0.4, 0.5) is 8.78 Å². The van der Waals surface area contributed by atoms with Crippen LogP contribution in [0.25, 0.3) is 0 Å². The molecule has 0 aliphatic heterocycles. The molecule has 3 nitrogen and oxygen atoms in total. The largest absolute Gasteiger partial charge is 0.241 e. The second-order valence-corrected chi connectivity index (χ2v) is 7.77. The molecule has 124 valence electrons. The van der Waals surface area contributed by atoms with Crippen molar-refractivity contribution in [3.05, 3.63) is 88.1 Å². The van der Waals surface area contributed by atoms with Crippen LogP contribution in [0.1, 0.15) is 16.5 Å². The van der Waals surface area contributed by atoms with Gasteiger partial charge in [0.25, 0.3) is 0 Å². The van der Waals surface area contributed by atoms with Crippen molar-refractivity contribution in [2.75, 3.05) is 0 Å². The molecule has 0 aliphatic carbocycles. The average molecular weight is 365 g/mol. The van der Waals surface area contributed by atoms with Gasteiger partial charge >= 0.3 is 0 Å². The van der Waals surface area contributed by atoms with E-state index in [1.807, 2.05) is 11.4 Å². The van der Waals surface area contributed by atoms with E-state index >= 15 is 0 Å². The first-order chi connectivity index (χ1) is 11.5. The van der Waals surface area contributed by atoms with Crippen LogP contribution in [0.2, 0.25) is 0 Å². The summed E-state index contributed by atoms with van der Waals surface area (Å²) in [5.41, 5.74) is 0.615. The van der Waals surface area contributed by atoms with Gasteiger partial charge in [-0.2, -0.15) is 4.72 Å². The first-order valence-corrected chi connectivity index (χ1v) is 9.39. The topological polar surface area (TPSA) is 46.2 Å². The molecule has 24 heavy (non-hydrogen) atoms. The van der Waals surface area contributed by atoms with Gasteiger partial charge in [0, 0.05) is 4.88 Å². The van der Waals surface area contributed by atoms with E-state index < -0.39 is 27.7 Å². The van der Waals surface area contributed by atoms with E-state index in [4.69, 9.17) is 0 Å². The molecular weight excluding hydrogens is 352 g/mol. The minimum atomic E-state index is -3.86. The van der Waals surface area contributed by atoms with Crippen LogP contribution in [0, 0.1) is 11.6 Å². The van der Waals surface area contributed by atoms with Gasteiger partial charge in [-0.1, -0.05) is 18.2 Å². The lowest BCUT2D eigenvalue weighted by atomic mass is 10.1. The predicted octanol–water partition coefficient (Wildman–Crippen LogP) is 4.09. The Morgan fingerprint density at radius 2 is 1.46 bits per heavy atom. The minimum Gasteiger partial charge on any atom is -0.207 e. The monoisotopic (exact) mass is 365 g/mol. The molecule has 0 saturated heterocycles. The van der Waals surface area contributed by atoms with E-state index in [-0.39, 0.29) is 4.90 Å². The number of hydrogen-bond acceptors (Lipinski definition) is 3. The molecule has 1 aromatic heterocycles. The number of benzene rings is 2. The van der Waals surface area contributed by atoms with Gasteiger partial charge in [-0.25, -0.2) is 17.2 Å². The highest BCUT2D eigenvalue weighted by Gasteiger charge is 2.23. The van der Waals surface area contributed by atoms with Crippen LogP contribution in [-0.4, -0.2) is 8.42 Å². The van der Waals surface area contributed by atoms with E-state index in [1.54, 1.807) is 6.07 Å². The maximum absolute atomic E-state index is 13.2. The molecule has 3 rings (SSSR count). The van der Waals surface area contributed by atoms with Gasteiger partial charge in [0.1, 0.15) is 11.6 Å². The molecule has 2 aromatic carbocycles. The molecule has 0 bridgehead atoms. The van der Waals surface area contributed by atoms with E-state index in [0.717, 1.165) is 17.0 Å². The van der Waals surface area contributed by atoms with Crippen LogP contribution < -0.4 is 4.72 Å². The summed E-state index contributed by atoms with van der Waals surface area (Å²) in [6.45, 7) is 0. The van der Waals surface area contributed by atoms with Crippen molar-refractivity contribution in [1.29, 1.82) is 0 Å². The number of halogens is 2. The SMILES string of the molecule is O=S(=O)(N[C@@H](c1ccc(F)cc1)c1cccs1)c1ccc(F)cc1. The summed E-state index contributed by atoms with van der Waals surface area (Å²) in [4.78, 5) is 0.736. The fraction of sp³-hybridized carbons (Fsp3) is 0.0588. The van der Waals surface area contributed by atoms with Crippen molar-refractivity contribution < 1.29 is 17.2 Å². The number of rotatable bonds is 5. The summed E-state index contributed by atoms with van der Waals surface area (Å²) in [5.74, 6) is -0.910. The Bertz CT molecular complexity index is 906. The summed E-state index contributed by atoms with van der Waals surface area (Å²) in [6.07, 6.45) is 0. The van der Waals surface area contributed by atoms with Gasteiger partial charge in [0.15, 0.2) is 0 Å². The number of hydrogen-bond donors (Lipinski definition) is 1. The molecule has 3 aromatic rings. The molecule has 0 spiro atoms. The zero-order chi connectivity index (χ0) is 17.2. The number of sulfonamides is 1. The quantitative estimate of drug-likeness (QED) is 0.740. The van der Waals surface area contributed by atoms with Crippen LogP contribution >= 0.6 is 11.3 Å². The Balaban J connectivity index is 1.97. The first kappa shape index (κ1) is 16.8. The molecule has 0 radical (unpaired) electrons. The summed E-state index contributed by atoms with van der Waals surface area (Å²) in [7, 11) is -3.86. The molecule has 0 unspecified atom stereocenters. The summed E-state index contributed by atoms with van der Waals surface area (Å²) < 4.78 is 54.0. The summed E-state index contributed by atoms with van der Waals surface area (Å²) in [5, 5.41) is 1.83. The second-order valence-electron chi connectivity index (χ2n) is 5.08. The van der Waals surface area contributed by atoms with Gasteiger partial charge < -0.3 is 0 Å². The fourth-order valence-corrected chi connectivity index (χ4v) is 4.32. The van der Waals surface area contributed by atoms with E-state index in [2.05, 4.69) is 4.72 Å². The smallest absolute Gasteiger partial charge is 0.207 e. The summed E-state index contributed by atoms with van der Waals surface area (Å²) >= 11 is 1.39. The van der Waals surface area contributed by atoms with E-state index in [9.17, 15) is 17.2 Å². The molecular formula is C17H13F2NO2S2. The molecule has 1 N–H and O–H groups in total. The lowest BCUT2D eigenvalue weighted by molar-refractivity contribution is 0.572.